The average molecular weight is 378 g/mol. The summed E-state index contributed by atoms with van der Waals surface area (Å²) in [5.41, 5.74) is 1.73. The van der Waals surface area contributed by atoms with Crippen LogP contribution >= 0.6 is 0 Å². The monoisotopic (exact) mass is 378 g/mol. The number of carbonyl (C=O) groups excluding carboxylic acids is 2. The van der Waals surface area contributed by atoms with Crippen molar-refractivity contribution in [1.29, 1.82) is 0 Å². The number of rotatable bonds is 7. The summed E-state index contributed by atoms with van der Waals surface area (Å²) in [6, 6.07) is 15.0. The van der Waals surface area contributed by atoms with Crippen molar-refractivity contribution in [3.8, 4) is 0 Å². The van der Waals surface area contributed by atoms with Gasteiger partial charge in [-0.15, -0.1) is 0 Å². The maximum Gasteiger partial charge on any atom is 0.289 e. The number of carbonyl (C=O) groups is 2. The summed E-state index contributed by atoms with van der Waals surface area (Å²) in [6.07, 6.45) is 3.71. The lowest BCUT2D eigenvalue weighted by Crippen LogP contribution is -2.31. The van der Waals surface area contributed by atoms with Crippen molar-refractivity contribution in [3.05, 3.63) is 66.2 Å². The molecule has 2 heterocycles. The van der Waals surface area contributed by atoms with Gasteiger partial charge < -0.3 is 9.80 Å². The van der Waals surface area contributed by atoms with Crippen molar-refractivity contribution in [2.24, 2.45) is 0 Å². The number of amides is 2. The van der Waals surface area contributed by atoms with Crippen molar-refractivity contribution in [2.45, 2.75) is 26.7 Å². The molecule has 0 saturated carbocycles. The average Bonchev–Trinajstić information content (AvgIpc) is 3.12. The maximum absolute atomic E-state index is 13.3. The molecular weight excluding hydrogens is 352 g/mol. The predicted molar refractivity (Wildman–Crippen MR) is 111 cm³/mol. The molecule has 0 atom stereocenters. The predicted octanol–water partition coefficient (Wildman–Crippen LogP) is 3.87. The van der Waals surface area contributed by atoms with Crippen molar-refractivity contribution in [3.63, 3.8) is 0 Å². The van der Waals surface area contributed by atoms with Gasteiger partial charge in [-0.1, -0.05) is 37.6 Å². The molecule has 0 bridgehead atoms. The van der Waals surface area contributed by atoms with Crippen LogP contribution in [0.15, 0.2) is 54.7 Å². The van der Waals surface area contributed by atoms with Gasteiger partial charge in [0.05, 0.1) is 5.52 Å². The summed E-state index contributed by atoms with van der Waals surface area (Å²) in [4.78, 5) is 34.0. The Kier molecular flexibility index (Phi) is 6.09. The summed E-state index contributed by atoms with van der Waals surface area (Å²) in [7, 11) is 1.77. The molecule has 0 fully saturated rings. The lowest BCUT2D eigenvalue weighted by molar-refractivity contribution is 0.0780. The molecule has 0 unspecified atom stereocenters. The fourth-order valence-corrected chi connectivity index (χ4v) is 3.19. The molecule has 6 heteroatoms. The van der Waals surface area contributed by atoms with Gasteiger partial charge in [0.15, 0.2) is 5.69 Å². The topological polar surface area (TPSA) is 57.9 Å². The zero-order valence-corrected chi connectivity index (χ0v) is 16.6. The van der Waals surface area contributed by atoms with Crippen molar-refractivity contribution < 1.29 is 9.59 Å². The largest absolute Gasteiger partial charge is 0.339 e. The lowest BCUT2D eigenvalue weighted by atomic mass is 10.2. The number of hydrogen-bond donors (Lipinski definition) is 0. The lowest BCUT2D eigenvalue weighted by Gasteiger charge is -2.20. The van der Waals surface area contributed by atoms with Gasteiger partial charge in [0.25, 0.3) is 11.8 Å². The first-order chi connectivity index (χ1) is 13.6. The van der Waals surface area contributed by atoms with Gasteiger partial charge in [-0.3, -0.25) is 14.0 Å². The maximum atomic E-state index is 13.3. The number of para-hydroxylation sites is 1. The molecule has 1 aromatic carbocycles. The molecule has 2 aromatic heterocycles. The molecule has 0 radical (unpaired) electrons. The Bertz CT molecular complexity index is 965. The third-order valence-corrected chi connectivity index (χ3v) is 4.77. The second-order valence-corrected chi connectivity index (χ2v) is 6.71. The van der Waals surface area contributed by atoms with E-state index in [0.717, 1.165) is 18.5 Å². The van der Waals surface area contributed by atoms with Crippen LogP contribution in [0.3, 0.4) is 0 Å². The Morgan fingerprint density at radius 2 is 1.71 bits per heavy atom. The highest BCUT2D eigenvalue weighted by molar-refractivity contribution is 6.10. The molecule has 28 heavy (non-hydrogen) atoms. The highest BCUT2D eigenvalue weighted by atomic mass is 16.2. The first-order valence-corrected chi connectivity index (χ1v) is 9.67. The highest BCUT2D eigenvalue weighted by Crippen LogP contribution is 2.21. The van der Waals surface area contributed by atoms with E-state index in [-0.39, 0.29) is 17.6 Å². The van der Waals surface area contributed by atoms with Gasteiger partial charge in [-0.05, 0) is 37.6 Å². The van der Waals surface area contributed by atoms with Crippen LogP contribution < -0.4 is 4.90 Å². The minimum atomic E-state index is -0.215. The number of fused-ring (bicyclic) bond motifs is 1. The second-order valence-electron chi connectivity index (χ2n) is 6.71. The molecular formula is C22H26N4O2. The van der Waals surface area contributed by atoms with Gasteiger partial charge in [-0.2, -0.15) is 0 Å². The molecule has 146 valence electrons. The summed E-state index contributed by atoms with van der Waals surface area (Å²) in [5, 5.41) is 0. The minimum Gasteiger partial charge on any atom is -0.339 e. The number of unbranched alkanes of at least 4 members (excludes halogenated alkanes) is 1. The van der Waals surface area contributed by atoms with Crippen LogP contribution in [-0.2, 0) is 0 Å². The number of aromatic nitrogens is 2. The van der Waals surface area contributed by atoms with E-state index in [9.17, 15) is 9.59 Å². The molecule has 0 aliphatic heterocycles. The first kappa shape index (κ1) is 19.6. The number of hydrogen-bond acceptors (Lipinski definition) is 3. The summed E-state index contributed by atoms with van der Waals surface area (Å²) >= 11 is 0. The van der Waals surface area contributed by atoms with E-state index in [4.69, 9.17) is 0 Å². The SMILES string of the molecule is CCCCN(C)C(=O)c1nc(C(=O)N(CC)c2ccccc2)c2ccccn12. The Hall–Kier alpha value is -3.15. The van der Waals surface area contributed by atoms with Crippen LogP contribution in [0.4, 0.5) is 5.69 Å². The van der Waals surface area contributed by atoms with E-state index in [1.165, 1.54) is 0 Å². The van der Waals surface area contributed by atoms with Crippen LogP contribution in [0.25, 0.3) is 5.52 Å². The fraction of sp³-hybridized carbons (Fsp3) is 0.318. The van der Waals surface area contributed by atoms with Crippen LogP contribution in [0, 0.1) is 0 Å². The Morgan fingerprint density at radius 1 is 1.00 bits per heavy atom. The zero-order valence-electron chi connectivity index (χ0n) is 16.6. The van der Waals surface area contributed by atoms with Crippen LogP contribution in [0.5, 0.6) is 0 Å². The number of pyridine rings is 1. The smallest absolute Gasteiger partial charge is 0.289 e. The Labute approximate surface area is 165 Å². The second kappa shape index (κ2) is 8.69. The van der Waals surface area contributed by atoms with Crippen molar-refractivity contribution in [2.75, 3.05) is 25.0 Å². The van der Waals surface area contributed by atoms with E-state index in [1.807, 2.05) is 55.5 Å². The van der Waals surface area contributed by atoms with E-state index < -0.39 is 0 Å². The minimum absolute atomic E-state index is 0.184. The number of nitrogens with zero attached hydrogens (tertiary/aromatic N) is 4. The van der Waals surface area contributed by atoms with Crippen molar-refractivity contribution >= 4 is 23.0 Å². The molecule has 0 aliphatic carbocycles. The van der Waals surface area contributed by atoms with Crippen LogP contribution in [0.1, 0.15) is 47.8 Å². The molecule has 0 saturated heterocycles. The van der Waals surface area contributed by atoms with E-state index >= 15 is 0 Å². The number of benzene rings is 1. The van der Waals surface area contributed by atoms with Crippen molar-refractivity contribution in [1.82, 2.24) is 14.3 Å². The van der Waals surface area contributed by atoms with Gasteiger partial charge in [0.1, 0.15) is 0 Å². The Morgan fingerprint density at radius 3 is 2.39 bits per heavy atom. The van der Waals surface area contributed by atoms with Gasteiger partial charge in [-0.25, -0.2) is 4.98 Å². The summed E-state index contributed by atoms with van der Waals surface area (Å²) in [6.45, 7) is 5.18. The third-order valence-electron chi connectivity index (χ3n) is 4.77. The molecule has 0 aliphatic rings. The van der Waals surface area contributed by atoms with E-state index in [1.54, 1.807) is 27.4 Å². The number of imidazole rings is 1. The normalized spacial score (nSPS) is 10.8. The first-order valence-electron chi connectivity index (χ1n) is 9.67. The van der Waals surface area contributed by atoms with E-state index in [2.05, 4.69) is 11.9 Å². The molecule has 0 spiro atoms. The van der Waals surface area contributed by atoms with Crippen LogP contribution in [0.2, 0.25) is 0 Å². The van der Waals surface area contributed by atoms with Gasteiger partial charge in [0.2, 0.25) is 5.82 Å². The molecule has 3 aromatic rings. The number of anilines is 1. The Balaban J connectivity index is 2.02. The standard InChI is InChI=1S/C22H26N4O2/c1-4-6-15-24(3)22(28)20-23-19(18-14-10-11-16-26(18)20)21(27)25(5-2)17-12-8-7-9-13-17/h7-14,16H,4-6,15H2,1-3H3. The van der Waals surface area contributed by atoms with Gasteiger partial charge >= 0.3 is 0 Å². The molecule has 6 nitrogen and oxygen atoms in total. The molecule has 0 N–H and O–H groups in total. The van der Waals surface area contributed by atoms with E-state index in [0.29, 0.717) is 24.3 Å². The molecule has 2 amide bonds. The van der Waals surface area contributed by atoms with Crippen LogP contribution in [-0.4, -0.2) is 46.2 Å². The molecule has 3 rings (SSSR count). The van der Waals surface area contributed by atoms with Gasteiger partial charge in [0, 0.05) is 32.0 Å². The quantitative estimate of drug-likeness (QED) is 0.627. The fourth-order valence-electron chi connectivity index (χ4n) is 3.19. The summed E-state index contributed by atoms with van der Waals surface area (Å²) < 4.78 is 1.71. The highest BCUT2D eigenvalue weighted by Gasteiger charge is 2.26. The zero-order chi connectivity index (χ0) is 20.1. The third kappa shape index (κ3) is 3.76. The summed E-state index contributed by atoms with van der Waals surface area (Å²) in [5.74, 6) is -0.134.